The normalized spacial score (nSPS) is 27.0. The second-order valence-electron chi connectivity index (χ2n) is 6.46. The molecule has 6 nitrogen and oxygen atoms in total. The van der Waals surface area contributed by atoms with E-state index in [0.29, 0.717) is 30.5 Å². The number of aromatic nitrogens is 2. The van der Waals surface area contributed by atoms with E-state index in [1.54, 1.807) is 13.3 Å². The second-order valence-corrected chi connectivity index (χ2v) is 6.46. The standard InChI is InChI=1S/C17H22N4O2/c1-22-15-7-6-12-16(21-15)17-14(8-19-12)23-9-13(20-17)10-2-4-11(18)5-3-10/h6-8,10-11,13,20H,2-5,9,18H2,1H3. The van der Waals surface area contributed by atoms with E-state index in [2.05, 4.69) is 15.3 Å². The summed E-state index contributed by atoms with van der Waals surface area (Å²) in [6.45, 7) is 0.671. The van der Waals surface area contributed by atoms with Crippen LogP contribution >= 0.6 is 0 Å². The topological polar surface area (TPSA) is 82.3 Å². The Morgan fingerprint density at radius 2 is 2.09 bits per heavy atom. The van der Waals surface area contributed by atoms with Crippen LogP contribution in [0, 0.1) is 5.92 Å². The van der Waals surface area contributed by atoms with Crippen molar-refractivity contribution >= 4 is 16.7 Å². The van der Waals surface area contributed by atoms with Crippen LogP contribution in [0.2, 0.25) is 0 Å². The van der Waals surface area contributed by atoms with Gasteiger partial charge in [0.2, 0.25) is 5.88 Å². The van der Waals surface area contributed by atoms with Crippen molar-refractivity contribution in [2.75, 3.05) is 19.0 Å². The molecule has 0 amide bonds. The Balaban J connectivity index is 1.65. The maximum atomic E-state index is 6.03. The fourth-order valence-electron chi connectivity index (χ4n) is 3.60. The third-order valence-electron chi connectivity index (χ3n) is 5.00. The number of methoxy groups -OCH3 is 1. The highest BCUT2D eigenvalue weighted by Crippen LogP contribution is 2.38. The molecule has 1 atom stereocenters. The Kier molecular flexibility index (Phi) is 3.69. The zero-order chi connectivity index (χ0) is 15.8. The maximum absolute atomic E-state index is 6.03. The van der Waals surface area contributed by atoms with Gasteiger partial charge in [0, 0.05) is 12.1 Å². The lowest BCUT2D eigenvalue weighted by Crippen LogP contribution is -2.41. The number of ether oxygens (including phenoxy) is 2. The first-order valence-corrected chi connectivity index (χ1v) is 8.23. The van der Waals surface area contributed by atoms with Gasteiger partial charge in [-0.25, -0.2) is 4.98 Å². The minimum atomic E-state index is 0.300. The lowest BCUT2D eigenvalue weighted by molar-refractivity contribution is 0.207. The van der Waals surface area contributed by atoms with Crippen LogP contribution in [0.1, 0.15) is 25.7 Å². The quantitative estimate of drug-likeness (QED) is 0.885. The van der Waals surface area contributed by atoms with Crippen LogP contribution in [0.25, 0.3) is 11.0 Å². The number of hydrogen-bond donors (Lipinski definition) is 2. The van der Waals surface area contributed by atoms with Crippen LogP contribution in [0.4, 0.5) is 5.69 Å². The highest BCUT2D eigenvalue weighted by Gasteiger charge is 2.31. The van der Waals surface area contributed by atoms with Crippen LogP contribution in [0.15, 0.2) is 18.3 Å². The summed E-state index contributed by atoms with van der Waals surface area (Å²) in [5.41, 5.74) is 8.60. The summed E-state index contributed by atoms with van der Waals surface area (Å²) in [5, 5.41) is 3.65. The lowest BCUT2D eigenvalue weighted by Gasteiger charge is -2.36. The van der Waals surface area contributed by atoms with Gasteiger partial charge in [0.15, 0.2) is 5.75 Å². The van der Waals surface area contributed by atoms with E-state index in [-0.39, 0.29) is 0 Å². The van der Waals surface area contributed by atoms with E-state index in [4.69, 9.17) is 15.2 Å². The second kappa shape index (κ2) is 5.85. The van der Waals surface area contributed by atoms with Gasteiger partial charge in [-0.15, -0.1) is 0 Å². The van der Waals surface area contributed by atoms with E-state index in [0.717, 1.165) is 48.2 Å². The SMILES string of the molecule is COc1ccc2ncc3c(c2n1)NC(C1CCC(N)CC1)CO3. The number of pyridine rings is 2. The number of hydrogen-bond acceptors (Lipinski definition) is 6. The minimum absolute atomic E-state index is 0.300. The largest absolute Gasteiger partial charge is 0.488 e. The van der Waals surface area contributed by atoms with E-state index < -0.39 is 0 Å². The van der Waals surface area contributed by atoms with Crippen LogP contribution < -0.4 is 20.5 Å². The summed E-state index contributed by atoms with van der Waals surface area (Å²) < 4.78 is 11.2. The Labute approximate surface area is 135 Å². The molecule has 0 radical (unpaired) electrons. The number of fused-ring (bicyclic) bond motifs is 3. The van der Waals surface area contributed by atoms with Crippen LogP contribution in [0.3, 0.4) is 0 Å². The molecule has 1 unspecified atom stereocenters. The molecular weight excluding hydrogens is 292 g/mol. The van der Waals surface area contributed by atoms with E-state index in [1.165, 1.54) is 0 Å². The van der Waals surface area contributed by atoms with Crippen molar-refractivity contribution in [3.63, 3.8) is 0 Å². The number of nitrogens with one attached hydrogen (secondary N) is 1. The molecule has 4 rings (SSSR count). The Hall–Kier alpha value is -2.08. The molecule has 0 saturated heterocycles. The van der Waals surface area contributed by atoms with Gasteiger partial charge in [0.05, 0.1) is 24.9 Å². The summed E-state index contributed by atoms with van der Waals surface area (Å²) in [6.07, 6.45) is 6.26. The zero-order valence-electron chi connectivity index (χ0n) is 13.3. The van der Waals surface area contributed by atoms with Gasteiger partial charge >= 0.3 is 0 Å². The highest BCUT2D eigenvalue weighted by atomic mass is 16.5. The fraction of sp³-hybridized carbons (Fsp3) is 0.529. The monoisotopic (exact) mass is 314 g/mol. The van der Waals surface area contributed by atoms with Crippen molar-refractivity contribution in [2.24, 2.45) is 11.7 Å². The molecule has 1 aliphatic carbocycles. The molecule has 2 aromatic rings. The van der Waals surface area contributed by atoms with Crippen molar-refractivity contribution in [1.82, 2.24) is 9.97 Å². The first-order chi connectivity index (χ1) is 11.2. The molecule has 0 aromatic carbocycles. The predicted octanol–water partition coefficient (Wildman–Crippen LogP) is 2.33. The van der Waals surface area contributed by atoms with Gasteiger partial charge in [0.25, 0.3) is 0 Å². The average molecular weight is 314 g/mol. The van der Waals surface area contributed by atoms with Crippen molar-refractivity contribution < 1.29 is 9.47 Å². The first kappa shape index (κ1) is 14.5. The average Bonchev–Trinajstić information content (AvgIpc) is 2.61. The summed E-state index contributed by atoms with van der Waals surface area (Å²) in [7, 11) is 1.62. The van der Waals surface area contributed by atoms with Gasteiger partial charge in [-0.05, 0) is 37.7 Å². The van der Waals surface area contributed by atoms with Crippen molar-refractivity contribution in [3.8, 4) is 11.6 Å². The molecule has 6 heteroatoms. The van der Waals surface area contributed by atoms with Crippen LogP contribution in [-0.2, 0) is 0 Å². The van der Waals surface area contributed by atoms with Crippen molar-refractivity contribution in [3.05, 3.63) is 18.3 Å². The Bertz CT molecular complexity index is 708. The first-order valence-electron chi connectivity index (χ1n) is 8.23. The number of rotatable bonds is 2. The third kappa shape index (κ3) is 2.67. The molecular formula is C17H22N4O2. The fourth-order valence-corrected chi connectivity index (χ4v) is 3.60. The van der Waals surface area contributed by atoms with Crippen molar-refractivity contribution in [1.29, 1.82) is 0 Å². The summed E-state index contributed by atoms with van der Waals surface area (Å²) in [5.74, 6) is 1.94. The molecule has 1 saturated carbocycles. The zero-order valence-corrected chi connectivity index (χ0v) is 13.3. The summed E-state index contributed by atoms with van der Waals surface area (Å²) in [4.78, 5) is 8.97. The predicted molar refractivity (Wildman–Crippen MR) is 88.9 cm³/mol. The molecule has 2 aromatic heterocycles. The Morgan fingerprint density at radius 3 is 2.87 bits per heavy atom. The van der Waals surface area contributed by atoms with Gasteiger partial charge in [-0.2, -0.15) is 0 Å². The van der Waals surface area contributed by atoms with Crippen molar-refractivity contribution in [2.45, 2.75) is 37.8 Å². The molecule has 23 heavy (non-hydrogen) atoms. The number of anilines is 1. The van der Waals surface area contributed by atoms with Gasteiger partial charge in [-0.3, -0.25) is 4.98 Å². The molecule has 1 aliphatic heterocycles. The molecule has 0 spiro atoms. The van der Waals surface area contributed by atoms with Crippen LogP contribution in [0.5, 0.6) is 11.6 Å². The van der Waals surface area contributed by atoms with E-state index in [1.807, 2.05) is 12.1 Å². The molecule has 3 heterocycles. The van der Waals surface area contributed by atoms with Gasteiger partial charge in [0.1, 0.15) is 17.8 Å². The maximum Gasteiger partial charge on any atom is 0.213 e. The number of nitrogens with two attached hydrogens (primary N) is 1. The Morgan fingerprint density at radius 1 is 1.26 bits per heavy atom. The smallest absolute Gasteiger partial charge is 0.213 e. The minimum Gasteiger partial charge on any atom is -0.488 e. The van der Waals surface area contributed by atoms with E-state index in [9.17, 15) is 0 Å². The summed E-state index contributed by atoms with van der Waals surface area (Å²) in [6, 6.07) is 4.41. The summed E-state index contributed by atoms with van der Waals surface area (Å²) >= 11 is 0. The molecule has 3 N–H and O–H groups in total. The third-order valence-corrected chi connectivity index (χ3v) is 5.00. The number of nitrogens with zero attached hydrogens (tertiary/aromatic N) is 2. The molecule has 0 bridgehead atoms. The van der Waals surface area contributed by atoms with Gasteiger partial charge in [-0.1, -0.05) is 0 Å². The highest BCUT2D eigenvalue weighted by molar-refractivity contribution is 5.91. The lowest BCUT2D eigenvalue weighted by atomic mass is 9.81. The van der Waals surface area contributed by atoms with E-state index >= 15 is 0 Å². The molecule has 2 aliphatic rings. The van der Waals surface area contributed by atoms with Gasteiger partial charge < -0.3 is 20.5 Å². The molecule has 1 fully saturated rings. The van der Waals surface area contributed by atoms with Crippen LogP contribution in [-0.4, -0.2) is 35.8 Å². The molecule has 122 valence electrons.